The molecule has 2 unspecified atom stereocenters. The van der Waals surface area contributed by atoms with Gasteiger partial charge in [-0.05, 0) is 27.7 Å². The van der Waals surface area contributed by atoms with Crippen LogP contribution in [-0.2, 0) is 9.59 Å². The van der Waals surface area contributed by atoms with Crippen LogP contribution in [0.1, 0.15) is 27.7 Å². The van der Waals surface area contributed by atoms with Gasteiger partial charge in [0, 0.05) is 11.1 Å². The molecule has 0 aromatic rings. The highest BCUT2D eigenvalue weighted by atomic mass is 79.9. The highest BCUT2D eigenvalue weighted by Crippen LogP contribution is 2.46. The van der Waals surface area contributed by atoms with Crippen molar-refractivity contribution in [2.75, 3.05) is 0 Å². The second-order valence-corrected chi connectivity index (χ2v) is 7.09. The molecule has 0 N–H and O–H groups in total. The maximum atomic E-state index is 11.9. The number of alkyl halides is 2. The molecule has 78 valence electrons. The average Bonchev–Trinajstić information content (AvgIpc) is 2.10. The van der Waals surface area contributed by atoms with Crippen LogP contribution in [0.15, 0.2) is 11.1 Å². The number of allylic oxidation sites excluding steroid dienone is 2. The van der Waals surface area contributed by atoms with E-state index in [9.17, 15) is 9.59 Å². The number of halogens is 2. The summed E-state index contributed by atoms with van der Waals surface area (Å²) in [5.74, 6) is -0.0667. The lowest BCUT2D eigenvalue weighted by Crippen LogP contribution is -2.55. The van der Waals surface area contributed by atoms with Gasteiger partial charge in [-0.15, -0.1) is 0 Å². The van der Waals surface area contributed by atoms with Crippen molar-refractivity contribution in [1.29, 1.82) is 0 Å². The van der Waals surface area contributed by atoms with Crippen LogP contribution in [0, 0.1) is 0 Å². The molecule has 0 aromatic carbocycles. The molecule has 0 aromatic heterocycles. The summed E-state index contributed by atoms with van der Waals surface area (Å²) in [5.41, 5.74) is 1.10. The van der Waals surface area contributed by atoms with Gasteiger partial charge in [-0.3, -0.25) is 9.59 Å². The van der Waals surface area contributed by atoms with Crippen LogP contribution >= 0.6 is 31.9 Å². The molecule has 0 spiro atoms. The fraction of sp³-hybridized carbons (Fsp3) is 0.600. The van der Waals surface area contributed by atoms with Crippen LogP contribution in [0.4, 0.5) is 0 Å². The predicted octanol–water partition coefficient (Wildman–Crippen LogP) is 2.78. The topological polar surface area (TPSA) is 34.1 Å². The normalized spacial score (nSPS) is 39.3. The van der Waals surface area contributed by atoms with E-state index >= 15 is 0 Å². The Bertz CT molecular complexity index is 317. The van der Waals surface area contributed by atoms with Gasteiger partial charge in [0.2, 0.25) is 0 Å². The number of hydrogen-bond donors (Lipinski definition) is 0. The van der Waals surface area contributed by atoms with Gasteiger partial charge >= 0.3 is 0 Å². The van der Waals surface area contributed by atoms with E-state index in [4.69, 9.17) is 0 Å². The van der Waals surface area contributed by atoms with Gasteiger partial charge in [0.1, 0.15) is 8.65 Å². The Labute approximate surface area is 100 Å². The third kappa shape index (κ3) is 1.34. The van der Waals surface area contributed by atoms with Gasteiger partial charge in [-0.2, -0.15) is 0 Å². The lowest BCUT2D eigenvalue weighted by Gasteiger charge is -2.39. The molecule has 0 fully saturated rings. The number of carbonyl (C=O) groups is 2. The van der Waals surface area contributed by atoms with Crippen LogP contribution in [0.3, 0.4) is 0 Å². The van der Waals surface area contributed by atoms with Gasteiger partial charge < -0.3 is 0 Å². The third-order valence-electron chi connectivity index (χ3n) is 2.98. The van der Waals surface area contributed by atoms with E-state index in [2.05, 4.69) is 31.9 Å². The largest absolute Gasteiger partial charge is 0.293 e. The molecule has 0 saturated carbocycles. The SMILES string of the molecule is CC1=C(C)C(=O)C(C)(Br)C(C)(Br)C1=O. The summed E-state index contributed by atoms with van der Waals surface area (Å²) in [4.78, 5) is 23.9. The van der Waals surface area contributed by atoms with Crippen molar-refractivity contribution in [2.45, 2.75) is 36.3 Å². The van der Waals surface area contributed by atoms with E-state index < -0.39 is 8.65 Å². The quantitative estimate of drug-likeness (QED) is 0.642. The Kier molecular flexibility index (Phi) is 2.83. The highest BCUT2D eigenvalue weighted by Gasteiger charge is 2.55. The third-order valence-corrected chi connectivity index (χ3v) is 5.82. The van der Waals surface area contributed by atoms with Gasteiger partial charge in [0.25, 0.3) is 0 Å². The predicted molar refractivity (Wildman–Crippen MR) is 63.1 cm³/mol. The molecule has 0 saturated heterocycles. The van der Waals surface area contributed by atoms with Gasteiger partial charge in [0.05, 0.1) is 0 Å². The van der Waals surface area contributed by atoms with Crippen molar-refractivity contribution in [2.24, 2.45) is 0 Å². The van der Waals surface area contributed by atoms with E-state index in [1.165, 1.54) is 0 Å². The van der Waals surface area contributed by atoms with Crippen LogP contribution in [-0.4, -0.2) is 20.2 Å². The maximum Gasteiger partial charge on any atom is 0.177 e. The minimum atomic E-state index is -0.860. The zero-order valence-electron chi connectivity index (χ0n) is 8.57. The zero-order valence-corrected chi connectivity index (χ0v) is 11.7. The van der Waals surface area contributed by atoms with E-state index in [0.29, 0.717) is 11.1 Å². The Hall–Kier alpha value is 0.0400. The summed E-state index contributed by atoms with van der Waals surface area (Å²) in [7, 11) is 0. The molecule has 1 aliphatic carbocycles. The number of ketones is 2. The summed E-state index contributed by atoms with van der Waals surface area (Å²) in [5, 5.41) is 0. The summed E-state index contributed by atoms with van der Waals surface area (Å²) < 4.78 is -1.72. The minimum Gasteiger partial charge on any atom is -0.293 e. The van der Waals surface area contributed by atoms with Crippen molar-refractivity contribution in [3.8, 4) is 0 Å². The molecular weight excluding hydrogens is 312 g/mol. The van der Waals surface area contributed by atoms with E-state index in [-0.39, 0.29) is 11.6 Å². The zero-order chi connectivity index (χ0) is 11.3. The Morgan fingerprint density at radius 2 is 1.07 bits per heavy atom. The molecule has 1 aliphatic rings. The highest BCUT2D eigenvalue weighted by molar-refractivity contribution is 9.13. The first kappa shape index (κ1) is 12.1. The molecule has 0 aliphatic heterocycles. The first-order valence-electron chi connectivity index (χ1n) is 4.29. The fourth-order valence-electron chi connectivity index (χ4n) is 1.47. The molecule has 0 amide bonds. The number of hydrogen-bond acceptors (Lipinski definition) is 2. The van der Waals surface area contributed by atoms with Gasteiger partial charge in [-0.25, -0.2) is 0 Å². The van der Waals surface area contributed by atoms with Crippen molar-refractivity contribution < 1.29 is 9.59 Å². The van der Waals surface area contributed by atoms with E-state index in [1.54, 1.807) is 27.7 Å². The molecule has 4 heteroatoms. The number of carbonyl (C=O) groups excluding carboxylic acids is 2. The molecule has 0 heterocycles. The molecule has 14 heavy (non-hydrogen) atoms. The molecule has 2 nitrogen and oxygen atoms in total. The number of rotatable bonds is 0. The molecule has 1 rings (SSSR count). The molecular formula is C10H12Br2O2. The van der Waals surface area contributed by atoms with Crippen LogP contribution in [0.5, 0.6) is 0 Å². The van der Waals surface area contributed by atoms with Crippen LogP contribution in [0.25, 0.3) is 0 Å². The van der Waals surface area contributed by atoms with Crippen LogP contribution < -0.4 is 0 Å². The fourth-order valence-corrected chi connectivity index (χ4v) is 2.43. The van der Waals surface area contributed by atoms with E-state index in [1.807, 2.05) is 0 Å². The van der Waals surface area contributed by atoms with Crippen molar-refractivity contribution in [3.63, 3.8) is 0 Å². The second-order valence-electron chi connectivity index (χ2n) is 3.91. The molecule has 0 bridgehead atoms. The summed E-state index contributed by atoms with van der Waals surface area (Å²) in [6.45, 7) is 6.82. The Morgan fingerprint density at radius 1 is 0.857 bits per heavy atom. The van der Waals surface area contributed by atoms with Gasteiger partial charge in [0.15, 0.2) is 11.6 Å². The van der Waals surface area contributed by atoms with Gasteiger partial charge in [-0.1, -0.05) is 31.9 Å². The molecule has 0 radical (unpaired) electrons. The maximum absolute atomic E-state index is 11.9. The summed E-state index contributed by atoms with van der Waals surface area (Å²) in [6.07, 6.45) is 0. The summed E-state index contributed by atoms with van der Waals surface area (Å²) in [6, 6.07) is 0. The van der Waals surface area contributed by atoms with E-state index in [0.717, 1.165) is 0 Å². The molecule has 2 atom stereocenters. The second kappa shape index (κ2) is 3.27. The smallest absolute Gasteiger partial charge is 0.177 e. The first-order valence-corrected chi connectivity index (χ1v) is 5.87. The van der Waals surface area contributed by atoms with Crippen LogP contribution in [0.2, 0.25) is 0 Å². The van der Waals surface area contributed by atoms with Crippen molar-refractivity contribution >= 4 is 43.4 Å². The standard InChI is InChI=1S/C10H12Br2O2/c1-5-6(2)8(14)10(4,12)9(3,11)7(5)13/h1-4H3. The average molecular weight is 324 g/mol. The lowest BCUT2D eigenvalue weighted by atomic mass is 9.76. The lowest BCUT2D eigenvalue weighted by molar-refractivity contribution is -0.125. The summed E-state index contributed by atoms with van der Waals surface area (Å²) >= 11 is 6.67. The van der Waals surface area contributed by atoms with Crippen molar-refractivity contribution in [3.05, 3.63) is 11.1 Å². The Morgan fingerprint density at radius 3 is 1.29 bits per heavy atom. The monoisotopic (exact) mass is 322 g/mol. The first-order chi connectivity index (χ1) is 6.14. The Balaban J connectivity index is 3.47. The minimum absolute atomic E-state index is 0.0334. The number of Topliss-reactive ketones (excluding diaryl/α,β-unsaturated/α-hetero) is 2. The van der Waals surface area contributed by atoms with Crippen molar-refractivity contribution in [1.82, 2.24) is 0 Å².